The Kier molecular flexibility index (Phi) is 5.42. The van der Waals surface area contributed by atoms with Crippen LogP contribution in [0.2, 0.25) is 5.02 Å². The fraction of sp³-hybridized carbons (Fsp3) is 0.429. The van der Waals surface area contributed by atoms with Gasteiger partial charge in [-0.15, -0.1) is 17.0 Å². The van der Waals surface area contributed by atoms with E-state index < -0.39 is 5.72 Å². The normalized spacial score (nSPS) is 26.2. The van der Waals surface area contributed by atoms with Crippen LogP contribution in [-0.4, -0.2) is 46.6 Å². The van der Waals surface area contributed by atoms with Crippen molar-refractivity contribution < 1.29 is 14.6 Å². The average Bonchev–Trinajstić information content (AvgIpc) is 3.03. The number of carbonyl (C=O) groups excluding carboxylic acids is 1. The summed E-state index contributed by atoms with van der Waals surface area (Å²) in [5.41, 5.74) is -0.556. The van der Waals surface area contributed by atoms with E-state index in [1.54, 1.807) is 24.3 Å². The molecule has 2 heterocycles. The van der Waals surface area contributed by atoms with Gasteiger partial charge in [0.1, 0.15) is 0 Å². The van der Waals surface area contributed by atoms with E-state index in [4.69, 9.17) is 16.3 Å². The molecule has 5 nitrogen and oxygen atoms in total. The van der Waals surface area contributed by atoms with E-state index in [1.165, 1.54) is 18.9 Å². The zero-order valence-electron chi connectivity index (χ0n) is 11.9. The molecule has 0 bridgehead atoms. The lowest BCUT2D eigenvalue weighted by Gasteiger charge is -2.36. The number of nitrogens with zero attached hydrogens (tertiary/aromatic N) is 2. The highest BCUT2D eigenvalue weighted by Gasteiger charge is 2.54. The van der Waals surface area contributed by atoms with Crippen LogP contribution in [0.5, 0.6) is 0 Å². The number of carbonyl (C=O) groups is 1. The molecule has 0 aromatic heterocycles. The Hall–Kier alpha value is -0.760. The number of aliphatic hydroxyl groups is 1. The number of rotatable bonds is 3. The van der Waals surface area contributed by atoms with Crippen molar-refractivity contribution in [3.8, 4) is 0 Å². The summed E-state index contributed by atoms with van der Waals surface area (Å²) in [6.07, 6.45) is 0.121. The van der Waals surface area contributed by atoms with Gasteiger partial charge in [-0.1, -0.05) is 35.5 Å². The Balaban J connectivity index is 0.00000176. The lowest BCUT2D eigenvalue weighted by molar-refractivity contribution is -0.143. The molecule has 3 rings (SSSR count). The maximum Gasteiger partial charge on any atom is 0.306 e. The number of halogens is 2. The molecular weight excluding hydrogens is 392 g/mol. The molecule has 1 N–H and O–H groups in total. The number of amidine groups is 1. The van der Waals surface area contributed by atoms with Gasteiger partial charge in [0.2, 0.25) is 0 Å². The van der Waals surface area contributed by atoms with Gasteiger partial charge in [-0.2, -0.15) is 0 Å². The summed E-state index contributed by atoms with van der Waals surface area (Å²) < 4.78 is 4.74. The number of thioether (sulfide) groups is 1. The minimum atomic E-state index is -1.27. The Morgan fingerprint density at radius 3 is 2.86 bits per heavy atom. The van der Waals surface area contributed by atoms with Crippen LogP contribution in [-0.2, 0) is 15.3 Å². The molecule has 0 amide bonds. The van der Waals surface area contributed by atoms with E-state index in [0.29, 0.717) is 23.7 Å². The third-order valence-corrected chi connectivity index (χ3v) is 5.35. The van der Waals surface area contributed by atoms with Crippen molar-refractivity contribution in [3.05, 3.63) is 34.9 Å². The lowest BCUT2D eigenvalue weighted by Crippen LogP contribution is -2.48. The van der Waals surface area contributed by atoms with Crippen LogP contribution in [0.4, 0.5) is 0 Å². The summed E-state index contributed by atoms with van der Waals surface area (Å²) in [6.45, 7) is 1.29. The van der Waals surface area contributed by atoms with Crippen molar-refractivity contribution in [1.29, 1.82) is 0 Å². The molecule has 2 atom stereocenters. The van der Waals surface area contributed by atoms with Gasteiger partial charge in [-0.25, -0.2) is 0 Å². The Bertz CT molecular complexity index is 598. The van der Waals surface area contributed by atoms with E-state index in [0.717, 1.165) is 5.17 Å². The van der Waals surface area contributed by atoms with Crippen LogP contribution in [0.25, 0.3) is 0 Å². The van der Waals surface area contributed by atoms with Gasteiger partial charge in [-0.3, -0.25) is 9.79 Å². The molecule has 2 aliphatic rings. The number of hydrogen-bond acceptors (Lipinski definition) is 6. The van der Waals surface area contributed by atoms with Gasteiger partial charge in [0.25, 0.3) is 0 Å². The third kappa shape index (κ3) is 2.87. The quantitative estimate of drug-likeness (QED) is 0.780. The zero-order valence-corrected chi connectivity index (χ0v) is 15.1. The molecular formula is C14H16BrClN2O3S. The zero-order chi connectivity index (χ0) is 15.0. The van der Waals surface area contributed by atoms with E-state index in [9.17, 15) is 9.90 Å². The van der Waals surface area contributed by atoms with Gasteiger partial charge in [-0.05, 0) is 12.1 Å². The van der Waals surface area contributed by atoms with Gasteiger partial charge in [0, 0.05) is 17.1 Å². The van der Waals surface area contributed by atoms with Crippen molar-refractivity contribution in [2.75, 3.05) is 20.2 Å². The molecule has 0 aliphatic carbocycles. The fourth-order valence-electron chi connectivity index (χ4n) is 2.68. The molecule has 0 spiro atoms. The van der Waals surface area contributed by atoms with Crippen LogP contribution in [0.3, 0.4) is 0 Å². The average molecular weight is 408 g/mol. The first kappa shape index (κ1) is 17.6. The number of hydrogen-bond donors (Lipinski definition) is 1. The van der Waals surface area contributed by atoms with Gasteiger partial charge in [0.05, 0.1) is 25.3 Å². The highest BCUT2D eigenvalue weighted by molar-refractivity contribution is 8.93. The smallest absolute Gasteiger partial charge is 0.306 e. The van der Waals surface area contributed by atoms with Gasteiger partial charge >= 0.3 is 5.97 Å². The van der Waals surface area contributed by atoms with Gasteiger partial charge < -0.3 is 14.7 Å². The molecule has 0 saturated carbocycles. The Morgan fingerprint density at radius 2 is 2.23 bits per heavy atom. The predicted molar refractivity (Wildman–Crippen MR) is 92.7 cm³/mol. The molecule has 8 heteroatoms. The fourth-order valence-corrected chi connectivity index (χ4v) is 4.23. The Labute approximate surface area is 148 Å². The number of ether oxygens (including phenoxy) is 1. The number of esters is 1. The maximum atomic E-state index is 11.6. The van der Waals surface area contributed by atoms with Crippen molar-refractivity contribution in [2.24, 2.45) is 4.99 Å². The summed E-state index contributed by atoms with van der Waals surface area (Å²) >= 11 is 7.34. The summed E-state index contributed by atoms with van der Waals surface area (Å²) in [7, 11) is 1.35. The molecule has 2 unspecified atom stereocenters. The maximum absolute atomic E-state index is 11.6. The second-order valence-corrected chi connectivity index (χ2v) is 6.54. The highest BCUT2D eigenvalue weighted by Crippen LogP contribution is 2.48. The van der Waals surface area contributed by atoms with Crippen molar-refractivity contribution in [1.82, 2.24) is 4.90 Å². The van der Waals surface area contributed by atoms with Crippen molar-refractivity contribution in [2.45, 2.75) is 17.4 Å². The topological polar surface area (TPSA) is 62.1 Å². The molecule has 2 aliphatic heterocycles. The third-order valence-electron chi connectivity index (χ3n) is 3.76. The van der Waals surface area contributed by atoms with Gasteiger partial charge in [0.15, 0.2) is 10.9 Å². The molecule has 1 aromatic rings. The largest absolute Gasteiger partial charge is 0.469 e. The lowest BCUT2D eigenvalue weighted by atomic mass is 9.95. The minimum absolute atomic E-state index is 0. The molecule has 0 radical (unpaired) electrons. The predicted octanol–water partition coefficient (Wildman–Crippen LogP) is 2.41. The monoisotopic (exact) mass is 406 g/mol. The van der Waals surface area contributed by atoms with E-state index in [1.807, 2.05) is 4.90 Å². The molecule has 1 fully saturated rings. The van der Waals surface area contributed by atoms with E-state index in [2.05, 4.69) is 4.99 Å². The summed E-state index contributed by atoms with van der Waals surface area (Å²) in [4.78, 5) is 17.9. The summed E-state index contributed by atoms with van der Waals surface area (Å²) in [5.74, 6) is -0.346. The van der Waals surface area contributed by atoms with Crippen LogP contribution in [0.15, 0.2) is 29.3 Å². The second-order valence-electron chi connectivity index (χ2n) is 4.94. The first-order valence-electron chi connectivity index (χ1n) is 6.59. The highest BCUT2D eigenvalue weighted by atomic mass is 79.9. The second kappa shape index (κ2) is 6.78. The SMILES string of the molecule is Br.COC(=O)CC1SC2=NCCN2C1(O)c1ccc(Cl)cc1. The molecule has 120 valence electrons. The Morgan fingerprint density at radius 1 is 1.55 bits per heavy atom. The number of methoxy groups -OCH3 is 1. The molecule has 1 aromatic carbocycles. The first-order valence-corrected chi connectivity index (χ1v) is 7.85. The van der Waals surface area contributed by atoms with E-state index >= 15 is 0 Å². The van der Waals surface area contributed by atoms with E-state index in [-0.39, 0.29) is 34.6 Å². The first-order chi connectivity index (χ1) is 10.1. The van der Waals surface area contributed by atoms with Crippen LogP contribution in [0.1, 0.15) is 12.0 Å². The standard InChI is InChI=1S/C14H15ClN2O3S.BrH/c1-20-12(18)8-11-14(19,9-2-4-10(15)5-3-9)17-7-6-16-13(17)21-11;/h2-5,11,19H,6-8H2,1H3;1H. The molecule has 22 heavy (non-hydrogen) atoms. The minimum Gasteiger partial charge on any atom is -0.469 e. The van der Waals surface area contributed by atoms with Crippen molar-refractivity contribution in [3.63, 3.8) is 0 Å². The van der Waals surface area contributed by atoms with Crippen LogP contribution < -0.4 is 0 Å². The summed E-state index contributed by atoms with van der Waals surface area (Å²) in [5, 5.41) is 12.3. The summed E-state index contributed by atoms with van der Waals surface area (Å²) in [6, 6.07) is 7.04. The van der Waals surface area contributed by atoms with Crippen LogP contribution in [0, 0.1) is 0 Å². The molecule has 1 saturated heterocycles. The van der Waals surface area contributed by atoms with Crippen molar-refractivity contribution >= 4 is 51.5 Å². The number of aliphatic imine (C=N–C) groups is 1. The number of benzene rings is 1. The van der Waals surface area contributed by atoms with Crippen LogP contribution >= 0.6 is 40.3 Å². The number of fused-ring (bicyclic) bond motifs is 1.